The third-order valence-electron chi connectivity index (χ3n) is 3.22. The highest BCUT2D eigenvalue weighted by Gasteiger charge is 2.17. The van der Waals surface area contributed by atoms with E-state index in [4.69, 9.17) is 10.5 Å². The summed E-state index contributed by atoms with van der Waals surface area (Å²) in [6.45, 7) is 1.22. The second kappa shape index (κ2) is 4.79. The lowest BCUT2D eigenvalue weighted by Gasteiger charge is -2.06. The number of benzene rings is 2. The minimum Gasteiger partial charge on any atom is -0.399 e. The van der Waals surface area contributed by atoms with Crippen molar-refractivity contribution in [2.24, 2.45) is 0 Å². The highest BCUT2D eigenvalue weighted by Crippen LogP contribution is 2.25. The lowest BCUT2D eigenvalue weighted by atomic mass is 9.99. The fourth-order valence-electron chi connectivity index (χ4n) is 2.18. The summed E-state index contributed by atoms with van der Waals surface area (Å²) in [5.41, 5.74) is 9.86. The summed E-state index contributed by atoms with van der Waals surface area (Å²) in [5, 5.41) is 0. The van der Waals surface area contributed by atoms with Crippen molar-refractivity contribution < 1.29 is 9.53 Å². The van der Waals surface area contributed by atoms with Crippen LogP contribution in [0.25, 0.3) is 0 Å². The number of halogens is 1. The minimum absolute atomic E-state index is 0.0124. The summed E-state index contributed by atoms with van der Waals surface area (Å²) in [4.78, 5) is 12.5. The molecule has 3 rings (SSSR count). The Morgan fingerprint density at radius 2 is 1.89 bits per heavy atom. The van der Waals surface area contributed by atoms with Crippen molar-refractivity contribution in [2.75, 3.05) is 5.73 Å². The molecule has 0 saturated heterocycles. The van der Waals surface area contributed by atoms with E-state index in [1.165, 1.54) is 0 Å². The van der Waals surface area contributed by atoms with Gasteiger partial charge >= 0.3 is 0 Å². The van der Waals surface area contributed by atoms with Crippen LogP contribution in [0.2, 0.25) is 0 Å². The number of ketones is 1. The fourth-order valence-corrected chi connectivity index (χ4v) is 2.76. The van der Waals surface area contributed by atoms with Gasteiger partial charge in [-0.15, -0.1) is 0 Å². The van der Waals surface area contributed by atoms with Gasteiger partial charge in [0.15, 0.2) is 5.78 Å². The monoisotopic (exact) mass is 317 g/mol. The molecule has 0 atom stereocenters. The lowest BCUT2D eigenvalue weighted by Crippen LogP contribution is -2.04. The number of anilines is 1. The zero-order valence-electron chi connectivity index (χ0n) is 10.2. The van der Waals surface area contributed by atoms with E-state index < -0.39 is 0 Å². The Morgan fingerprint density at radius 3 is 2.68 bits per heavy atom. The number of fused-ring (bicyclic) bond motifs is 1. The predicted molar refractivity (Wildman–Crippen MR) is 76.9 cm³/mol. The molecule has 19 heavy (non-hydrogen) atoms. The molecule has 3 nitrogen and oxygen atoms in total. The highest BCUT2D eigenvalue weighted by atomic mass is 79.9. The van der Waals surface area contributed by atoms with Crippen molar-refractivity contribution in [3.8, 4) is 0 Å². The summed E-state index contributed by atoms with van der Waals surface area (Å²) in [5.74, 6) is -0.0124. The first-order valence-electron chi connectivity index (χ1n) is 5.94. The van der Waals surface area contributed by atoms with Gasteiger partial charge in [0.05, 0.1) is 13.2 Å². The van der Waals surface area contributed by atoms with Gasteiger partial charge in [-0.25, -0.2) is 0 Å². The van der Waals surface area contributed by atoms with Crippen molar-refractivity contribution in [2.45, 2.75) is 13.2 Å². The van der Waals surface area contributed by atoms with E-state index in [0.717, 1.165) is 11.1 Å². The molecular formula is C15H12BrNO2. The largest absolute Gasteiger partial charge is 0.399 e. The molecule has 0 radical (unpaired) electrons. The summed E-state index contributed by atoms with van der Waals surface area (Å²) < 4.78 is 6.07. The lowest BCUT2D eigenvalue weighted by molar-refractivity contribution is 0.103. The molecular weight excluding hydrogens is 306 g/mol. The second-order valence-electron chi connectivity index (χ2n) is 4.54. The van der Waals surface area contributed by atoms with E-state index in [9.17, 15) is 4.79 Å². The molecule has 0 amide bonds. The average Bonchev–Trinajstić information content (AvgIpc) is 2.85. The molecule has 0 fully saturated rings. The maximum Gasteiger partial charge on any atom is 0.194 e. The van der Waals surface area contributed by atoms with Crippen molar-refractivity contribution in [1.29, 1.82) is 0 Å². The van der Waals surface area contributed by atoms with Crippen LogP contribution in [-0.2, 0) is 18.0 Å². The number of hydrogen-bond acceptors (Lipinski definition) is 3. The van der Waals surface area contributed by atoms with Crippen LogP contribution in [0, 0.1) is 0 Å². The van der Waals surface area contributed by atoms with Gasteiger partial charge in [-0.05, 0) is 51.3 Å². The van der Waals surface area contributed by atoms with Gasteiger partial charge in [-0.1, -0.05) is 12.1 Å². The van der Waals surface area contributed by atoms with Crippen molar-refractivity contribution >= 4 is 27.4 Å². The van der Waals surface area contributed by atoms with Gasteiger partial charge < -0.3 is 10.5 Å². The standard InChI is InChI=1S/C15H12BrNO2/c16-14-6-12(17)3-4-13(14)15(18)9-1-2-10-7-19-8-11(10)5-9/h1-6H,7-8,17H2. The van der Waals surface area contributed by atoms with E-state index in [2.05, 4.69) is 15.9 Å². The highest BCUT2D eigenvalue weighted by molar-refractivity contribution is 9.10. The first-order valence-corrected chi connectivity index (χ1v) is 6.74. The maximum atomic E-state index is 12.5. The van der Waals surface area contributed by atoms with Crippen LogP contribution in [0.5, 0.6) is 0 Å². The van der Waals surface area contributed by atoms with Crippen molar-refractivity contribution in [3.05, 3.63) is 63.1 Å². The molecule has 2 N–H and O–H groups in total. The number of nitrogen functional groups attached to an aromatic ring is 1. The topological polar surface area (TPSA) is 52.3 Å². The minimum atomic E-state index is -0.0124. The van der Waals surface area contributed by atoms with Gasteiger partial charge in [0, 0.05) is 21.3 Å². The third-order valence-corrected chi connectivity index (χ3v) is 3.88. The summed E-state index contributed by atoms with van der Waals surface area (Å²) in [6.07, 6.45) is 0. The molecule has 1 heterocycles. The molecule has 0 saturated carbocycles. The van der Waals surface area contributed by atoms with Gasteiger partial charge in [-0.3, -0.25) is 4.79 Å². The van der Waals surface area contributed by atoms with Crippen LogP contribution in [0.3, 0.4) is 0 Å². The van der Waals surface area contributed by atoms with E-state index in [-0.39, 0.29) is 5.78 Å². The van der Waals surface area contributed by atoms with Crippen LogP contribution < -0.4 is 5.73 Å². The summed E-state index contributed by atoms with van der Waals surface area (Å²) in [7, 11) is 0. The van der Waals surface area contributed by atoms with Gasteiger partial charge in [0.1, 0.15) is 0 Å². The molecule has 1 aliphatic heterocycles. The van der Waals surface area contributed by atoms with Gasteiger partial charge in [-0.2, -0.15) is 0 Å². The van der Waals surface area contributed by atoms with E-state index in [0.29, 0.717) is 34.5 Å². The van der Waals surface area contributed by atoms with Crippen molar-refractivity contribution in [3.63, 3.8) is 0 Å². The number of hydrogen-bond donors (Lipinski definition) is 1. The Balaban J connectivity index is 2.00. The first-order chi connectivity index (χ1) is 9.15. The molecule has 1 aliphatic rings. The zero-order chi connectivity index (χ0) is 13.4. The van der Waals surface area contributed by atoms with Crippen LogP contribution in [-0.4, -0.2) is 5.78 Å². The number of ether oxygens (including phenoxy) is 1. The first kappa shape index (κ1) is 12.4. The van der Waals surface area contributed by atoms with Crippen LogP contribution in [0.4, 0.5) is 5.69 Å². The molecule has 2 aromatic carbocycles. The van der Waals surface area contributed by atoms with Gasteiger partial charge in [0.25, 0.3) is 0 Å². The van der Waals surface area contributed by atoms with Crippen molar-refractivity contribution in [1.82, 2.24) is 0 Å². The predicted octanol–water partition coefficient (Wildman–Crippen LogP) is 3.29. The van der Waals surface area contributed by atoms with Crippen LogP contribution in [0.1, 0.15) is 27.0 Å². The Labute approximate surface area is 119 Å². The van der Waals surface area contributed by atoms with Crippen LogP contribution in [0.15, 0.2) is 40.9 Å². The average molecular weight is 318 g/mol. The Hall–Kier alpha value is -1.65. The van der Waals surface area contributed by atoms with Crippen LogP contribution >= 0.6 is 15.9 Å². The smallest absolute Gasteiger partial charge is 0.194 e. The Bertz CT molecular complexity index is 667. The fraction of sp³-hybridized carbons (Fsp3) is 0.133. The normalized spacial score (nSPS) is 13.3. The quantitative estimate of drug-likeness (QED) is 0.683. The number of carbonyl (C=O) groups excluding carboxylic acids is 1. The summed E-state index contributed by atoms with van der Waals surface area (Å²) in [6, 6.07) is 10.9. The van der Waals surface area contributed by atoms with E-state index >= 15 is 0 Å². The zero-order valence-corrected chi connectivity index (χ0v) is 11.7. The molecule has 0 bridgehead atoms. The molecule has 0 aromatic heterocycles. The Kier molecular flexibility index (Phi) is 3.12. The molecule has 4 heteroatoms. The van der Waals surface area contributed by atoms with Gasteiger partial charge in [0.2, 0.25) is 0 Å². The molecule has 0 aliphatic carbocycles. The molecule has 0 spiro atoms. The third kappa shape index (κ3) is 2.29. The number of nitrogens with two attached hydrogens (primary N) is 1. The molecule has 0 unspecified atom stereocenters. The molecule has 96 valence electrons. The second-order valence-corrected chi connectivity index (χ2v) is 5.40. The molecule has 2 aromatic rings. The Morgan fingerprint density at radius 1 is 1.11 bits per heavy atom. The summed E-state index contributed by atoms with van der Waals surface area (Å²) >= 11 is 3.38. The van der Waals surface area contributed by atoms with E-state index in [1.807, 2.05) is 18.2 Å². The SMILES string of the molecule is Nc1ccc(C(=O)c2ccc3c(c2)COC3)c(Br)c1. The maximum absolute atomic E-state index is 12.5. The van der Waals surface area contributed by atoms with E-state index in [1.54, 1.807) is 18.2 Å². The number of carbonyl (C=O) groups is 1. The number of rotatable bonds is 2.